The molecular formula is C16H23BrO2. The van der Waals surface area contributed by atoms with Crippen LogP contribution in [0.2, 0.25) is 0 Å². The predicted molar refractivity (Wildman–Crippen MR) is 81.9 cm³/mol. The molecular weight excluding hydrogens is 304 g/mol. The summed E-state index contributed by atoms with van der Waals surface area (Å²) in [7, 11) is 1.80. The lowest BCUT2D eigenvalue weighted by atomic mass is 9.94. The number of benzene rings is 1. The molecule has 1 saturated carbocycles. The van der Waals surface area contributed by atoms with E-state index in [0.717, 1.165) is 18.2 Å². The molecule has 1 aliphatic rings. The Bertz CT molecular complexity index is 394. The van der Waals surface area contributed by atoms with E-state index in [9.17, 15) is 0 Å². The SMILES string of the molecule is COC1CCCC(OC(CBr)c2cccc(C)c2)C1. The minimum atomic E-state index is 0.139. The van der Waals surface area contributed by atoms with Crippen molar-refractivity contribution in [3.05, 3.63) is 35.4 Å². The van der Waals surface area contributed by atoms with Crippen LogP contribution in [0.1, 0.15) is 42.9 Å². The van der Waals surface area contributed by atoms with Crippen LogP contribution in [-0.4, -0.2) is 24.6 Å². The van der Waals surface area contributed by atoms with E-state index in [1.54, 1.807) is 7.11 Å². The summed E-state index contributed by atoms with van der Waals surface area (Å²) in [6.07, 6.45) is 5.36. The maximum Gasteiger partial charge on any atom is 0.0925 e. The Kier molecular flexibility index (Phi) is 5.86. The minimum Gasteiger partial charge on any atom is -0.381 e. The first kappa shape index (κ1) is 15.0. The predicted octanol–water partition coefficient (Wildman–Crippen LogP) is 4.41. The van der Waals surface area contributed by atoms with Gasteiger partial charge in [-0.25, -0.2) is 0 Å². The molecule has 1 aromatic carbocycles. The summed E-state index contributed by atoms with van der Waals surface area (Å²) in [5.74, 6) is 0. The molecule has 0 amide bonds. The van der Waals surface area contributed by atoms with Crippen molar-refractivity contribution in [2.75, 3.05) is 12.4 Å². The topological polar surface area (TPSA) is 18.5 Å². The van der Waals surface area contributed by atoms with Gasteiger partial charge in [0.25, 0.3) is 0 Å². The van der Waals surface area contributed by atoms with Crippen molar-refractivity contribution in [1.82, 2.24) is 0 Å². The van der Waals surface area contributed by atoms with E-state index >= 15 is 0 Å². The lowest BCUT2D eigenvalue weighted by Gasteiger charge is -2.31. The highest BCUT2D eigenvalue weighted by Gasteiger charge is 2.25. The monoisotopic (exact) mass is 326 g/mol. The zero-order valence-corrected chi connectivity index (χ0v) is 13.4. The van der Waals surface area contributed by atoms with Gasteiger partial charge in [0.05, 0.1) is 18.3 Å². The third kappa shape index (κ3) is 4.30. The lowest BCUT2D eigenvalue weighted by molar-refractivity contribution is -0.0584. The number of hydrogen-bond donors (Lipinski definition) is 0. The number of ether oxygens (including phenoxy) is 2. The second kappa shape index (κ2) is 7.41. The van der Waals surface area contributed by atoms with Crippen LogP contribution in [0.5, 0.6) is 0 Å². The van der Waals surface area contributed by atoms with E-state index in [2.05, 4.69) is 47.1 Å². The second-order valence-corrected chi connectivity index (χ2v) is 5.99. The normalized spacial score (nSPS) is 25.2. The third-order valence-electron chi connectivity index (χ3n) is 3.82. The quantitative estimate of drug-likeness (QED) is 0.746. The Morgan fingerprint density at radius 3 is 2.79 bits per heavy atom. The van der Waals surface area contributed by atoms with E-state index in [4.69, 9.17) is 9.47 Å². The number of alkyl halides is 1. The van der Waals surface area contributed by atoms with E-state index in [-0.39, 0.29) is 6.10 Å². The summed E-state index contributed by atoms with van der Waals surface area (Å²) in [6, 6.07) is 8.58. The molecule has 0 spiro atoms. The average molecular weight is 327 g/mol. The van der Waals surface area contributed by atoms with Crippen molar-refractivity contribution in [1.29, 1.82) is 0 Å². The highest BCUT2D eigenvalue weighted by Crippen LogP contribution is 2.29. The molecule has 1 aliphatic carbocycles. The van der Waals surface area contributed by atoms with Crippen molar-refractivity contribution >= 4 is 15.9 Å². The van der Waals surface area contributed by atoms with Gasteiger partial charge in [-0.3, -0.25) is 0 Å². The van der Waals surface area contributed by atoms with Crippen LogP contribution in [0.25, 0.3) is 0 Å². The second-order valence-electron chi connectivity index (χ2n) is 5.34. The average Bonchev–Trinajstić information content (AvgIpc) is 2.45. The van der Waals surface area contributed by atoms with Crippen molar-refractivity contribution < 1.29 is 9.47 Å². The van der Waals surface area contributed by atoms with Gasteiger partial charge in [-0.15, -0.1) is 0 Å². The lowest BCUT2D eigenvalue weighted by Crippen LogP contribution is -2.29. The van der Waals surface area contributed by atoms with Crippen molar-refractivity contribution in [3.63, 3.8) is 0 Å². The number of methoxy groups -OCH3 is 1. The molecule has 0 radical (unpaired) electrons. The molecule has 1 fully saturated rings. The van der Waals surface area contributed by atoms with Crippen LogP contribution >= 0.6 is 15.9 Å². The van der Waals surface area contributed by atoms with Gasteiger partial charge >= 0.3 is 0 Å². The van der Waals surface area contributed by atoms with E-state index in [1.807, 2.05) is 0 Å². The molecule has 0 N–H and O–H groups in total. The van der Waals surface area contributed by atoms with Crippen LogP contribution in [0.4, 0.5) is 0 Å². The molecule has 3 atom stereocenters. The Morgan fingerprint density at radius 1 is 1.32 bits per heavy atom. The fourth-order valence-corrected chi connectivity index (χ4v) is 3.27. The first-order valence-corrected chi connectivity index (χ1v) is 8.16. The molecule has 2 nitrogen and oxygen atoms in total. The van der Waals surface area contributed by atoms with Crippen molar-refractivity contribution in [2.45, 2.75) is 50.9 Å². The summed E-state index contributed by atoms with van der Waals surface area (Å²) in [4.78, 5) is 0. The molecule has 19 heavy (non-hydrogen) atoms. The third-order valence-corrected chi connectivity index (χ3v) is 4.41. The van der Waals surface area contributed by atoms with E-state index < -0.39 is 0 Å². The van der Waals surface area contributed by atoms with Gasteiger partial charge in [0.2, 0.25) is 0 Å². The van der Waals surface area contributed by atoms with Gasteiger partial charge in [0.1, 0.15) is 0 Å². The smallest absolute Gasteiger partial charge is 0.0925 e. The zero-order chi connectivity index (χ0) is 13.7. The summed E-state index contributed by atoms with van der Waals surface area (Å²) in [6.45, 7) is 2.12. The van der Waals surface area contributed by atoms with Crippen molar-refractivity contribution in [2.24, 2.45) is 0 Å². The van der Waals surface area contributed by atoms with Crippen LogP contribution in [0.15, 0.2) is 24.3 Å². The van der Waals surface area contributed by atoms with Crippen LogP contribution in [0, 0.1) is 6.92 Å². The molecule has 3 unspecified atom stereocenters. The molecule has 0 heterocycles. The summed E-state index contributed by atoms with van der Waals surface area (Å²) >= 11 is 3.58. The maximum absolute atomic E-state index is 6.29. The highest BCUT2D eigenvalue weighted by atomic mass is 79.9. The van der Waals surface area contributed by atoms with E-state index in [1.165, 1.54) is 24.0 Å². The molecule has 1 aromatic rings. The molecule has 0 aliphatic heterocycles. The zero-order valence-electron chi connectivity index (χ0n) is 11.8. The fraction of sp³-hybridized carbons (Fsp3) is 0.625. The molecule has 3 heteroatoms. The Labute approximate surface area is 124 Å². The molecule has 0 aromatic heterocycles. The van der Waals surface area contributed by atoms with Gasteiger partial charge in [0, 0.05) is 12.4 Å². The number of rotatable bonds is 5. The van der Waals surface area contributed by atoms with Gasteiger partial charge in [-0.2, -0.15) is 0 Å². The van der Waals surface area contributed by atoms with Crippen LogP contribution in [-0.2, 0) is 9.47 Å². The largest absolute Gasteiger partial charge is 0.381 e. The maximum atomic E-state index is 6.29. The molecule has 106 valence electrons. The summed E-state index contributed by atoms with van der Waals surface area (Å²) in [5.41, 5.74) is 2.54. The standard InChI is InChI=1S/C16H23BrO2/c1-12-5-3-6-13(9-12)16(11-17)19-15-8-4-7-14(10-15)18-2/h3,5-6,9,14-16H,4,7-8,10-11H2,1-2H3. The van der Waals surface area contributed by atoms with Crippen LogP contribution < -0.4 is 0 Å². The van der Waals surface area contributed by atoms with E-state index in [0.29, 0.717) is 12.2 Å². The highest BCUT2D eigenvalue weighted by molar-refractivity contribution is 9.09. The van der Waals surface area contributed by atoms with Gasteiger partial charge < -0.3 is 9.47 Å². The van der Waals surface area contributed by atoms with Gasteiger partial charge in [0.15, 0.2) is 0 Å². The number of hydrogen-bond acceptors (Lipinski definition) is 2. The Morgan fingerprint density at radius 2 is 2.11 bits per heavy atom. The Hall–Kier alpha value is -0.380. The first-order valence-electron chi connectivity index (χ1n) is 7.03. The number of halogens is 1. The number of aryl methyl sites for hydroxylation is 1. The molecule has 0 saturated heterocycles. The van der Waals surface area contributed by atoms with Crippen LogP contribution in [0.3, 0.4) is 0 Å². The minimum absolute atomic E-state index is 0.139. The van der Waals surface area contributed by atoms with Crippen molar-refractivity contribution in [3.8, 4) is 0 Å². The fourth-order valence-electron chi connectivity index (χ4n) is 2.75. The van der Waals surface area contributed by atoms with Gasteiger partial charge in [-0.1, -0.05) is 45.8 Å². The van der Waals surface area contributed by atoms with Gasteiger partial charge in [-0.05, 0) is 38.2 Å². The molecule has 0 bridgehead atoms. The molecule has 2 rings (SSSR count). The Balaban J connectivity index is 1.99. The summed E-state index contributed by atoms with van der Waals surface area (Å²) in [5, 5.41) is 0.838. The first-order chi connectivity index (χ1) is 9.22. The summed E-state index contributed by atoms with van der Waals surface area (Å²) < 4.78 is 11.8.